The number of aryl methyl sites for hydroxylation is 1. The number of amides is 1. The number of anilines is 1. The molecule has 1 fully saturated rings. The lowest BCUT2D eigenvalue weighted by molar-refractivity contribution is -0.117. The van der Waals surface area contributed by atoms with E-state index in [0.717, 1.165) is 23.5 Å². The van der Waals surface area contributed by atoms with Crippen LogP contribution in [-0.4, -0.2) is 52.0 Å². The number of nitrogens with one attached hydrogen (secondary N) is 2. The third kappa shape index (κ3) is 6.74. The van der Waals surface area contributed by atoms with Crippen molar-refractivity contribution in [3.05, 3.63) is 23.8 Å². The molecule has 0 aromatic heterocycles. The maximum absolute atomic E-state index is 12.1. The van der Waals surface area contributed by atoms with Crippen molar-refractivity contribution < 1.29 is 19.0 Å². The van der Waals surface area contributed by atoms with Crippen LogP contribution in [0.1, 0.15) is 12.0 Å². The molecule has 1 aromatic carbocycles. The van der Waals surface area contributed by atoms with Crippen LogP contribution in [0.2, 0.25) is 0 Å². The lowest BCUT2D eigenvalue weighted by atomic mass is 10.1. The standard InChI is InChI=1S/C16H24N2O4.ClH/c1-12-9-14(22-8-7-20-2)3-4-15(12)18-16(19)10-13-11-21-6-5-17-13;/h3-4,9,13,17H,5-8,10-11H2,1-2H3,(H,18,19);1H. The minimum atomic E-state index is -0.0147. The zero-order valence-electron chi connectivity index (χ0n) is 13.6. The van der Waals surface area contributed by atoms with E-state index in [1.165, 1.54) is 0 Å². The molecule has 0 spiro atoms. The molecule has 130 valence electrons. The van der Waals surface area contributed by atoms with Crippen molar-refractivity contribution in [1.29, 1.82) is 0 Å². The topological polar surface area (TPSA) is 68.8 Å². The summed E-state index contributed by atoms with van der Waals surface area (Å²) in [6, 6.07) is 5.71. The first-order valence-corrected chi connectivity index (χ1v) is 7.52. The van der Waals surface area contributed by atoms with Crippen LogP contribution < -0.4 is 15.4 Å². The highest BCUT2D eigenvalue weighted by Crippen LogP contribution is 2.21. The van der Waals surface area contributed by atoms with Crippen LogP contribution in [0.3, 0.4) is 0 Å². The second-order valence-electron chi connectivity index (χ2n) is 5.30. The molecule has 1 heterocycles. The van der Waals surface area contributed by atoms with Crippen molar-refractivity contribution in [1.82, 2.24) is 5.32 Å². The smallest absolute Gasteiger partial charge is 0.226 e. The molecule has 2 rings (SSSR count). The monoisotopic (exact) mass is 344 g/mol. The molecule has 7 heteroatoms. The normalized spacial score (nSPS) is 17.2. The second kappa shape index (κ2) is 10.4. The molecule has 1 aliphatic rings. The Morgan fingerprint density at radius 1 is 1.43 bits per heavy atom. The number of hydrogen-bond donors (Lipinski definition) is 2. The van der Waals surface area contributed by atoms with Crippen LogP contribution in [0.4, 0.5) is 5.69 Å². The minimum absolute atomic E-state index is 0. The van der Waals surface area contributed by atoms with E-state index in [1.54, 1.807) is 7.11 Å². The van der Waals surface area contributed by atoms with Gasteiger partial charge in [0.05, 0.1) is 19.8 Å². The number of methoxy groups -OCH3 is 1. The molecule has 1 atom stereocenters. The summed E-state index contributed by atoms with van der Waals surface area (Å²) in [6.45, 7) is 5.09. The van der Waals surface area contributed by atoms with Crippen molar-refractivity contribution in [2.75, 3.05) is 45.4 Å². The third-order valence-electron chi connectivity index (χ3n) is 3.46. The number of rotatable bonds is 7. The first kappa shape index (κ1) is 19.7. The first-order chi connectivity index (χ1) is 10.7. The van der Waals surface area contributed by atoms with Crippen LogP contribution >= 0.6 is 12.4 Å². The summed E-state index contributed by atoms with van der Waals surface area (Å²) >= 11 is 0. The maximum Gasteiger partial charge on any atom is 0.226 e. The van der Waals surface area contributed by atoms with E-state index >= 15 is 0 Å². The van der Waals surface area contributed by atoms with Crippen molar-refractivity contribution in [3.63, 3.8) is 0 Å². The van der Waals surface area contributed by atoms with Gasteiger partial charge in [-0.05, 0) is 30.7 Å². The maximum atomic E-state index is 12.1. The summed E-state index contributed by atoms with van der Waals surface area (Å²) in [5.41, 5.74) is 1.77. The van der Waals surface area contributed by atoms with E-state index in [9.17, 15) is 4.79 Å². The van der Waals surface area contributed by atoms with Gasteiger partial charge in [0.2, 0.25) is 5.91 Å². The number of carbonyl (C=O) groups is 1. The number of hydrogen-bond acceptors (Lipinski definition) is 5. The van der Waals surface area contributed by atoms with Gasteiger partial charge in [-0.1, -0.05) is 0 Å². The Hall–Kier alpha value is -1.34. The van der Waals surface area contributed by atoms with E-state index in [2.05, 4.69) is 10.6 Å². The van der Waals surface area contributed by atoms with Gasteiger partial charge in [0, 0.05) is 31.8 Å². The summed E-state index contributed by atoms with van der Waals surface area (Å²) in [6.07, 6.45) is 0.408. The molecule has 0 radical (unpaired) electrons. The lowest BCUT2D eigenvalue weighted by Crippen LogP contribution is -2.43. The molecule has 2 N–H and O–H groups in total. The van der Waals surface area contributed by atoms with Gasteiger partial charge in [-0.3, -0.25) is 4.79 Å². The summed E-state index contributed by atoms with van der Waals surface area (Å²) in [7, 11) is 1.64. The fourth-order valence-corrected chi connectivity index (χ4v) is 2.28. The average molecular weight is 345 g/mol. The van der Waals surface area contributed by atoms with Crippen LogP contribution in [0, 0.1) is 6.92 Å². The fraction of sp³-hybridized carbons (Fsp3) is 0.562. The van der Waals surface area contributed by atoms with Gasteiger partial charge in [-0.15, -0.1) is 12.4 Å². The van der Waals surface area contributed by atoms with Crippen molar-refractivity contribution in [2.45, 2.75) is 19.4 Å². The zero-order valence-corrected chi connectivity index (χ0v) is 14.4. The van der Waals surface area contributed by atoms with Gasteiger partial charge in [-0.25, -0.2) is 0 Å². The summed E-state index contributed by atoms with van der Waals surface area (Å²) in [5, 5.41) is 6.21. The van der Waals surface area contributed by atoms with Gasteiger partial charge < -0.3 is 24.8 Å². The van der Waals surface area contributed by atoms with Gasteiger partial charge >= 0.3 is 0 Å². The van der Waals surface area contributed by atoms with Gasteiger partial charge in [-0.2, -0.15) is 0 Å². The SMILES string of the molecule is COCCOc1ccc(NC(=O)CC2COCCN2)c(C)c1.Cl. The van der Waals surface area contributed by atoms with E-state index in [-0.39, 0.29) is 24.4 Å². The number of halogens is 1. The molecular weight excluding hydrogens is 320 g/mol. The van der Waals surface area contributed by atoms with E-state index in [4.69, 9.17) is 14.2 Å². The number of morpholine rings is 1. The molecule has 1 aliphatic heterocycles. The second-order valence-corrected chi connectivity index (χ2v) is 5.30. The highest BCUT2D eigenvalue weighted by molar-refractivity contribution is 5.92. The summed E-state index contributed by atoms with van der Waals surface area (Å²) in [4.78, 5) is 12.1. The van der Waals surface area contributed by atoms with Crippen LogP contribution in [0.25, 0.3) is 0 Å². The molecule has 1 amide bonds. The lowest BCUT2D eigenvalue weighted by Gasteiger charge is -2.23. The molecule has 1 saturated heterocycles. The number of ether oxygens (including phenoxy) is 3. The molecule has 1 aromatic rings. The third-order valence-corrected chi connectivity index (χ3v) is 3.46. The summed E-state index contributed by atoms with van der Waals surface area (Å²) in [5.74, 6) is 0.758. The molecule has 23 heavy (non-hydrogen) atoms. The predicted octanol–water partition coefficient (Wildman–Crippen LogP) is 1.76. The Morgan fingerprint density at radius 2 is 2.26 bits per heavy atom. The molecule has 6 nitrogen and oxygen atoms in total. The van der Waals surface area contributed by atoms with Crippen molar-refractivity contribution >= 4 is 24.0 Å². The van der Waals surface area contributed by atoms with Crippen LogP contribution in [-0.2, 0) is 14.3 Å². The fourth-order valence-electron chi connectivity index (χ4n) is 2.28. The Bertz CT molecular complexity index is 493. The average Bonchev–Trinajstić information content (AvgIpc) is 2.51. The Balaban J connectivity index is 0.00000264. The summed E-state index contributed by atoms with van der Waals surface area (Å²) < 4.78 is 15.8. The van der Waals surface area contributed by atoms with E-state index in [1.807, 2.05) is 25.1 Å². The Labute approximate surface area is 143 Å². The molecule has 1 unspecified atom stereocenters. The number of benzene rings is 1. The number of carbonyl (C=O) groups excluding carboxylic acids is 1. The quantitative estimate of drug-likeness (QED) is 0.738. The Morgan fingerprint density at radius 3 is 2.91 bits per heavy atom. The van der Waals surface area contributed by atoms with E-state index in [0.29, 0.717) is 32.8 Å². The van der Waals surface area contributed by atoms with Gasteiger partial charge in [0.1, 0.15) is 12.4 Å². The van der Waals surface area contributed by atoms with Crippen LogP contribution in [0.5, 0.6) is 5.75 Å². The highest BCUT2D eigenvalue weighted by atomic mass is 35.5. The van der Waals surface area contributed by atoms with Crippen LogP contribution in [0.15, 0.2) is 18.2 Å². The van der Waals surface area contributed by atoms with E-state index < -0.39 is 0 Å². The Kier molecular flexibility index (Phi) is 8.94. The first-order valence-electron chi connectivity index (χ1n) is 7.52. The van der Waals surface area contributed by atoms with Crippen molar-refractivity contribution in [2.24, 2.45) is 0 Å². The molecule has 0 aliphatic carbocycles. The predicted molar refractivity (Wildman–Crippen MR) is 91.7 cm³/mol. The van der Waals surface area contributed by atoms with Gasteiger partial charge in [0.25, 0.3) is 0 Å². The van der Waals surface area contributed by atoms with Crippen molar-refractivity contribution in [3.8, 4) is 5.75 Å². The largest absolute Gasteiger partial charge is 0.491 e. The zero-order chi connectivity index (χ0) is 15.8. The minimum Gasteiger partial charge on any atom is -0.491 e. The van der Waals surface area contributed by atoms with Gasteiger partial charge in [0.15, 0.2) is 0 Å². The molecular formula is C16H25ClN2O4. The highest BCUT2D eigenvalue weighted by Gasteiger charge is 2.17. The molecule has 0 bridgehead atoms. The molecule has 0 saturated carbocycles.